The van der Waals surface area contributed by atoms with Gasteiger partial charge in [0, 0.05) is 90.6 Å². The van der Waals surface area contributed by atoms with Crippen LogP contribution in [0.2, 0.25) is 0 Å². The standard InChI is InChI=1S/C65H69N5O11.O3S/c1-38-25-47-34-59(58(79-5)35-52(47)65(78)70-54-18-10-7-14-46(54)32-55(38)70)81-37-43-28-42(36-80-57-33-44-20-21-49-31-45-13-6-9-17-53(45)69(49)64(77)51(44)26-39(57)2)29-48(30-43)67-63(76)40(3)27-56(72)41(4)66-60(73)19-11-8-15-50(71)16-12-24-68-61(74)22-23-62(68)75;1-4(2)3/h6-7,9-10,13-14,17-18,22-23,26,28-30,33-35,38,40-41,49,55H,8,11-12,15-16,19-21,24-25,27,31-32,36-37H2,1-5H3,(H,66,73)(H,67,76);/t38?,40-,41+,49-,55+;/m1./s1. The van der Waals surface area contributed by atoms with Gasteiger partial charge in [-0.05, 0) is 165 Å². The van der Waals surface area contributed by atoms with Gasteiger partial charge in [-0.3, -0.25) is 43.3 Å². The lowest BCUT2D eigenvalue weighted by atomic mass is 9.91. The molecule has 0 spiro atoms. The number of aryl methyl sites for hydroxylation is 2. The zero-order valence-corrected chi connectivity index (χ0v) is 49.1. The number of imide groups is 1. The van der Waals surface area contributed by atoms with Gasteiger partial charge in [-0.25, -0.2) is 0 Å². The van der Waals surface area contributed by atoms with E-state index in [0.717, 1.165) is 63.4 Å². The molecule has 0 radical (unpaired) electrons. The summed E-state index contributed by atoms with van der Waals surface area (Å²) in [6.07, 6.45) is 7.96. The molecule has 0 aliphatic carbocycles. The van der Waals surface area contributed by atoms with Crippen LogP contribution in [-0.4, -0.2) is 96.3 Å². The molecule has 5 heterocycles. The molecule has 5 aliphatic heterocycles. The Balaban J connectivity index is 0.00000210. The predicted octanol–water partition coefficient (Wildman–Crippen LogP) is 8.31. The molecule has 1 unspecified atom stereocenters. The number of ether oxygens (including phenoxy) is 3. The van der Waals surface area contributed by atoms with E-state index in [0.29, 0.717) is 71.7 Å². The number of hydrogen-bond acceptors (Lipinski definition) is 14. The maximum absolute atomic E-state index is 14.3. The van der Waals surface area contributed by atoms with Gasteiger partial charge in [0.05, 0.1) is 13.2 Å². The summed E-state index contributed by atoms with van der Waals surface area (Å²) in [4.78, 5) is 110. The molecule has 0 saturated carbocycles. The van der Waals surface area contributed by atoms with Crippen LogP contribution in [0.3, 0.4) is 0 Å². The van der Waals surface area contributed by atoms with Crippen molar-refractivity contribution < 1.29 is 65.2 Å². The average Bonchev–Trinajstić information content (AvgIpc) is 1.94. The number of methoxy groups -OCH3 is 1. The number of nitrogens with one attached hydrogen (secondary N) is 2. The Bertz CT molecular complexity index is 3610. The van der Waals surface area contributed by atoms with Crippen LogP contribution in [0, 0.1) is 18.8 Å². The first-order valence-corrected chi connectivity index (χ1v) is 29.8. The summed E-state index contributed by atoms with van der Waals surface area (Å²) in [6.45, 7) is 7.70. The van der Waals surface area contributed by atoms with Gasteiger partial charge in [0.1, 0.15) is 24.7 Å². The van der Waals surface area contributed by atoms with Crippen molar-refractivity contribution in [3.63, 3.8) is 0 Å². The minimum absolute atomic E-state index is 0.00688. The Hall–Kier alpha value is -8.78. The number of carbonyl (C=O) groups is 8. The third-order valence-corrected chi connectivity index (χ3v) is 16.5. The van der Waals surface area contributed by atoms with Crippen LogP contribution in [0.25, 0.3) is 0 Å². The minimum Gasteiger partial charge on any atom is -0.493 e. The smallest absolute Gasteiger partial charge is 0.425 e. The summed E-state index contributed by atoms with van der Waals surface area (Å²) in [7, 11) is -1.56. The van der Waals surface area contributed by atoms with E-state index in [1.54, 1.807) is 33.1 Å². The third-order valence-electron chi connectivity index (χ3n) is 16.5. The number of ketones is 2. The molecule has 5 aromatic carbocycles. The van der Waals surface area contributed by atoms with Crippen LogP contribution < -0.4 is 34.6 Å². The Morgan fingerprint density at radius 3 is 1.94 bits per heavy atom. The van der Waals surface area contributed by atoms with Crippen LogP contribution in [0.5, 0.6) is 17.2 Å². The summed E-state index contributed by atoms with van der Waals surface area (Å²) in [5, 5.41) is 5.75. The largest absolute Gasteiger partial charge is 0.493 e. The van der Waals surface area contributed by atoms with Gasteiger partial charge in [-0.15, -0.1) is 12.6 Å². The number of Topliss-reactive ketones (excluding diaryl/α,β-unsaturated/α-hetero) is 2. The Morgan fingerprint density at radius 2 is 1.26 bits per heavy atom. The maximum atomic E-state index is 14.3. The molecule has 444 valence electrons. The topological polar surface area (TPSA) is 249 Å². The van der Waals surface area contributed by atoms with E-state index in [-0.39, 0.29) is 105 Å². The summed E-state index contributed by atoms with van der Waals surface area (Å²) in [5.74, 6) is -1.02. The minimum atomic E-state index is -3.11. The van der Waals surface area contributed by atoms with Crippen molar-refractivity contribution in [1.82, 2.24) is 10.2 Å². The highest BCUT2D eigenvalue weighted by molar-refractivity contribution is 7.59. The van der Waals surface area contributed by atoms with E-state index in [4.69, 9.17) is 26.8 Å². The van der Waals surface area contributed by atoms with E-state index in [9.17, 15) is 38.4 Å². The van der Waals surface area contributed by atoms with Gasteiger partial charge in [-0.1, -0.05) is 50.2 Å². The highest BCUT2D eigenvalue weighted by atomic mass is 32.2. The molecule has 10 rings (SSSR count). The second-order valence-electron chi connectivity index (χ2n) is 22.6. The van der Waals surface area contributed by atoms with Crippen molar-refractivity contribution in [3.8, 4) is 17.2 Å². The number of fused-ring (bicyclic) bond motifs is 8. The molecular weight excluding hydrogens is 1110 g/mol. The highest BCUT2D eigenvalue weighted by Crippen LogP contribution is 2.43. The van der Waals surface area contributed by atoms with Crippen molar-refractivity contribution in [2.45, 2.75) is 136 Å². The lowest BCUT2D eigenvalue weighted by molar-refractivity contribution is -0.137. The first-order chi connectivity index (χ1) is 40.8. The lowest BCUT2D eigenvalue weighted by Gasteiger charge is -2.27. The Morgan fingerprint density at radius 1 is 0.671 bits per heavy atom. The number of unbranched alkanes of at least 4 members (excludes halogenated alkanes) is 1. The summed E-state index contributed by atoms with van der Waals surface area (Å²) >= 11 is 0. The number of para-hydroxylation sites is 2. The number of amides is 6. The molecule has 5 atom stereocenters. The fraction of sp³-hybridized carbons (Fsp3) is 0.385. The second kappa shape index (κ2) is 26.9. The fourth-order valence-electron chi connectivity index (χ4n) is 12.1. The van der Waals surface area contributed by atoms with E-state index in [1.165, 1.54) is 17.7 Å². The molecule has 6 amide bonds. The van der Waals surface area contributed by atoms with Gasteiger partial charge < -0.3 is 34.6 Å². The van der Waals surface area contributed by atoms with Crippen LogP contribution in [0.4, 0.5) is 17.1 Å². The van der Waals surface area contributed by atoms with Crippen molar-refractivity contribution >= 4 is 74.7 Å². The van der Waals surface area contributed by atoms with Crippen molar-refractivity contribution in [2.75, 3.05) is 28.8 Å². The van der Waals surface area contributed by atoms with Gasteiger partial charge in [0.25, 0.3) is 23.6 Å². The Kier molecular flexibility index (Phi) is 19.2. The lowest BCUT2D eigenvalue weighted by Crippen LogP contribution is -2.40. The molecule has 0 fully saturated rings. The first-order valence-electron chi connectivity index (χ1n) is 28.8. The second-order valence-corrected chi connectivity index (χ2v) is 23.0. The molecule has 0 bridgehead atoms. The summed E-state index contributed by atoms with van der Waals surface area (Å²) < 4.78 is 44.3. The number of hydrogen-bond donors (Lipinski definition) is 2. The number of carbonyl (C=O) groups excluding carboxylic acids is 8. The quantitative estimate of drug-likeness (QED) is 0.0489. The van der Waals surface area contributed by atoms with Crippen molar-refractivity contribution in [3.05, 3.63) is 153 Å². The van der Waals surface area contributed by atoms with Crippen LogP contribution in [0.1, 0.15) is 132 Å². The van der Waals surface area contributed by atoms with E-state index in [1.807, 2.05) is 83.5 Å². The summed E-state index contributed by atoms with van der Waals surface area (Å²) in [5.41, 5.74) is 9.99. The normalized spacial score (nSPS) is 17.8. The highest BCUT2D eigenvalue weighted by Gasteiger charge is 2.42. The molecule has 19 nitrogen and oxygen atoms in total. The van der Waals surface area contributed by atoms with Gasteiger partial charge in [-0.2, -0.15) is 0 Å². The van der Waals surface area contributed by atoms with Gasteiger partial charge in [0.15, 0.2) is 17.3 Å². The van der Waals surface area contributed by atoms with E-state index >= 15 is 0 Å². The monoisotopic (exact) mass is 1180 g/mol. The molecule has 5 aromatic rings. The van der Waals surface area contributed by atoms with Gasteiger partial charge >= 0.3 is 10.6 Å². The molecule has 2 N–H and O–H groups in total. The van der Waals surface area contributed by atoms with Crippen molar-refractivity contribution in [1.29, 1.82) is 0 Å². The Labute approximate surface area is 495 Å². The number of rotatable bonds is 22. The van der Waals surface area contributed by atoms with Gasteiger partial charge in [0.2, 0.25) is 11.8 Å². The zero-order valence-electron chi connectivity index (χ0n) is 48.3. The maximum Gasteiger partial charge on any atom is 0.425 e. The molecule has 0 saturated heterocycles. The molecule has 20 heteroatoms. The molecular formula is C65H69N5O14S. The van der Waals surface area contributed by atoms with Crippen LogP contribution in [-0.2, 0) is 78.3 Å². The zero-order chi connectivity index (χ0) is 60.6. The van der Waals surface area contributed by atoms with Crippen molar-refractivity contribution in [2.24, 2.45) is 11.8 Å². The van der Waals surface area contributed by atoms with Crippen LogP contribution >= 0.6 is 0 Å². The molecule has 85 heavy (non-hydrogen) atoms. The number of benzene rings is 5. The third kappa shape index (κ3) is 14.3. The number of nitrogens with zero attached hydrogens (tertiary/aromatic N) is 3. The first kappa shape index (κ1) is 60.8. The fourth-order valence-corrected chi connectivity index (χ4v) is 12.1. The van der Waals surface area contributed by atoms with E-state index in [2.05, 4.69) is 29.7 Å². The van der Waals surface area contributed by atoms with E-state index < -0.39 is 28.5 Å². The summed E-state index contributed by atoms with van der Waals surface area (Å²) in [6, 6.07) is 28.6. The molecule has 0 aromatic heterocycles. The molecule has 5 aliphatic rings. The average molecular weight is 1180 g/mol. The predicted molar refractivity (Wildman–Crippen MR) is 315 cm³/mol. The SMILES string of the molecule is COc1cc2c(cc1OCc1cc(COc3cc4c(cc3C)C(=O)N3c5ccccc5C[C@H]3CC4)cc(NC(=O)[C@H](C)CC(=O)[C@H](C)NC(=O)CCCCC(=O)CCCN3C(=O)C=CC3=O)c1)CC(C)[C@@H]1Cc3ccccc3N1C2=O.O=S(=O)=O. The van der Waals surface area contributed by atoms with Crippen LogP contribution in [0.15, 0.2) is 103 Å². The number of anilines is 3.